The van der Waals surface area contributed by atoms with Gasteiger partial charge in [0.25, 0.3) is 0 Å². The maximum absolute atomic E-state index is 10.5. The molecule has 0 radical (unpaired) electrons. The number of piperidine rings is 1. The summed E-state index contributed by atoms with van der Waals surface area (Å²) in [5, 5.41) is 21.5. The number of methoxy groups -OCH3 is 1. The second kappa shape index (κ2) is 10.9. The average Bonchev–Trinajstić information content (AvgIpc) is 2.44. The molecule has 0 spiro atoms. The van der Waals surface area contributed by atoms with Gasteiger partial charge in [0.1, 0.15) is 0 Å². The maximum Gasteiger partial charge on any atom is 0.317 e. The highest BCUT2D eigenvalue weighted by molar-refractivity contribution is 5.68. The molecule has 2 atom stereocenters. The summed E-state index contributed by atoms with van der Waals surface area (Å²) in [6, 6.07) is 0. The summed E-state index contributed by atoms with van der Waals surface area (Å²) in [5.41, 5.74) is 0. The number of aliphatic carboxylic acids is 1. The van der Waals surface area contributed by atoms with E-state index in [-0.39, 0.29) is 6.54 Å². The van der Waals surface area contributed by atoms with Gasteiger partial charge in [-0.3, -0.25) is 4.79 Å². The van der Waals surface area contributed by atoms with Crippen molar-refractivity contribution in [2.24, 2.45) is 5.92 Å². The molecular weight excluding hydrogens is 276 g/mol. The Labute approximate surface area is 126 Å². The van der Waals surface area contributed by atoms with E-state index in [9.17, 15) is 9.90 Å². The summed E-state index contributed by atoms with van der Waals surface area (Å²) in [5.74, 6) is -0.383. The van der Waals surface area contributed by atoms with Gasteiger partial charge in [0, 0.05) is 20.2 Å². The molecule has 0 aromatic carbocycles. The summed E-state index contributed by atoms with van der Waals surface area (Å²) in [6.45, 7) is 4.54. The monoisotopic (exact) mass is 304 g/mol. The second-order valence-corrected chi connectivity index (χ2v) is 5.51. The van der Waals surface area contributed by atoms with Crippen LogP contribution in [0.1, 0.15) is 12.8 Å². The smallest absolute Gasteiger partial charge is 0.317 e. The zero-order valence-corrected chi connectivity index (χ0v) is 12.8. The quantitative estimate of drug-likeness (QED) is 0.439. The van der Waals surface area contributed by atoms with Gasteiger partial charge in [0.2, 0.25) is 0 Å². The minimum atomic E-state index is -0.828. The fourth-order valence-corrected chi connectivity index (χ4v) is 2.58. The van der Waals surface area contributed by atoms with E-state index in [2.05, 4.69) is 10.2 Å². The van der Waals surface area contributed by atoms with Crippen molar-refractivity contribution in [2.45, 2.75) is 18.9 Å². The molecule has 7 heteroatoms. The number of aliphatic hydroxyl groups excluding tert-OH is 1. The lowest BCUT2D eigenvalue weighted by molar-refractivity contribution is -0.136. The SMILES string of the molecule is COCCOCC(O)CN1CCCC(CNCC(=O)O)C1. The maximum atomic E-state index is 10.5. The fraction of sp³-hybridized carbons (Fsp3) is 0.929. The van der Waals surface area contributed by atoms with Crippen LogP contribution in [-0.2, 0) is 14.3 Å². The molecule has 1 aliphatic heterocycles. The molecule has 1 saturated heterocycles. The molecule has 0 aromatic rings. The molecule has 124 valence electrons. The third-order valence-electron chi connectivity index (χ3n) is 3.52. The van der Waals surface area contributed by atoms with Gasteiger partial charge in [0.05, 0.1) is 32.5 Å². The third-order valence-corrected chi connectivity index (χ3v) is 3.52. The molecule has 3 N–H and O–H groups in total. The number of rotatable bonds is 11. The van der Waals surface area contributed by atoms with Crippen molar-refractivity contribution in [1.29, 1.82) is 0 Å². The van der Waals surface area contributed by atoms with Gasteiger partial charge in [-0.05, 0) is 31.8 Å². The summed E-state index contributed by atoms with van der Waals surface area (Å²) in [7, 11) is 1.62. The van der Waals surface area contributed by atoms with Gasteiger partial charge in [-0.2, -0.15) is 0 Å². The van der Waals surface area contributed by atoms with Crippen LogP contribution in [0.3, 0.4) is 0 Å². The summed E-state index contributed by atoms with van der Waals surface area (Å²) < 4.78 is 10.2. The first kappa shape index (κ1) is 18.3. The molecule has 0 aromatic heterocycles. The first-order valence-corrected chi connectivity index (χ1v) is 7.51. The highest BCUT2D eigenvalue weighted by atomic mass is 16.5. The Kier molecular flexibility index (Phi) is 9.53. The van der Waals surface area contributed by atoms with Crippen LogP contribution in [0.4, 0.5) is 0 Å². The number of likely N-dealkylation sites (tertiary alicyclic amines) is 1. The Morgan fingerprint density at radius 2 is 2.29 bits per heavy atom. The Morgan fingerprint density at radius 3 is 3.00 bits per heavy atom. The molecule has 0 saturated carbocycles. The van der Waals surface area contributed by atoms with Crippen LogP contribution in [0.2, 0.25) is 0 Å². The third kappa shape index (κ3) is 9.00. The van der Waals surface area contributed by atoms with Crippen molar-refractivity contribution < 1.29 is 24.5 Å². The van der Waals surface area contributed by atoms with Crippen molar-refractivity contribution >= 4 is 5.97 Å². The van der Waals surface area contributed by atoms with E-state index < -0.39 is 12.1 Å². The first-order chi connectivity index (χ1) is 10.1. The van der Waals surface area contributed by atoms with E-state index in [4.69, 9.17) is 14.6 Å². The molecule has 1 heterocycles. The normalized spacial score (nSPS) is 21.3. The van der Waals surface area contributed by atoms with Crippen LogP contribution in [0, 0.1) is 5.92 Å². The summed E-state index contributed by atoms with van der Waals surface area (Å²) in [4.78, 5) is 12.7. The van der Waals surface area contributed by atoms with E-state index in [0.717, 1.165) is 25.9 Å². The molecule has 0 bridgehead atoms. The van der Waals surface area contributed by atoms with Crippen LogP contribution in [0.5, 0.6) is 0 Å². The lowest BCUT2D eigenvalue weighted by atomic mass is 9.97. The fourth-order valence-electron chi connectivity index (χ4n) is 2.58. The standard InChI is InChI=1S/C14H28N2O5/c1-20-5-6-21-11-13(17)10-16-4-2-3-12(9-16)7-15-8-14(18)19/h12-13,15,17H,2-11H2,1H3,(H,18,19). The number of carboxylic acids is 1. The van der Waals surface area contributed by atoms with E-state index in [1.807, 2.05) is 0 Å². The van der Waals surface area contributed by atoms with Crippen LogP contribution in [0.15, 0.2) is 0 Å². The lowest BCUT2D eigenvalue weighted by Crippen LogP contribution is -2.44. The van der Waals surface area contributed by atoms with E-state index >= 15 is 0 Å². The first-order valence-electron chi connectivity index (χ1n) is 7.51. The number of hydrogen-bond acceptors (Lipinski definition) is 6. The van der Waals surface area contributed by atoms with Gasteiger partial charge in [0.15, 0.2) is 0 Å². The van der Waals surface area contributed by atoms with Crippen LogP contribution < -0.4 is 5.32 Å². The zero-order chi connectivity index (χ0) is 15.5. The topological polar surface area (TPSA) is 91.3 Å². The molecule has 1 rings (SSSR count). The number of ether oxygens (including phenoxy) is 2. The Bertz CT molecular complexity index is 291. The van der Waals surface area contributed by atoms with Crippen molar-refractivity contribution in [3.8, 4) is 0 Å². The molecule has 1 aliphatic rings. The molecule has 7 nitrogen and oxygen atoms in total. The van der Waals surface area contributed by atoms with Gasteiger partial charge in [-0.25, -0.2) is 0 Å². The number of β-amino-alcohol motifs (C(OH)–C–C–N with tert-alkyl or cyclic N) is 1. The van der Waals surface area contributed by atoms with Gasteiger partial charge in [-0.1, -0.05) is 0 Å². The average molecular weight is 304 g/mol. The van der Waals surface area contributed by atoms with Crippen molar-refractivity contribution in [2.75, 3.05) is 59.7 Å². The second-order valence-electron chi connectivity index (χ2n) is 5.51. The molecule has 21 heavy (non-hydrogen) atoms. The molecular formula is C14H28N2O5. The van der Waals surface area contributed by atoms with Gasteiger partial charge in [-0.15, -0.1) is 0 Å². The van der Waals surface area contributed by atoms with Crippen LogP contribution in [-0.4, -0.2) is 86.8 Å². The Hall–Kier alpha value is -0.730. The number of nitrogens with zero attached hydrogens (tertiary/aromatic N) is 1. The van der Waals surface area contributed by atoms with Gasteiger partial charge >= 0.3 is 5.97 Å². The number of carbonyl (C=O) groups is 1. The highest BCUT2D eigenvalue weighted by Crippen LogP contribution is 2.15. The van der Waals surface area contributed by atoms with Crippen molar-refractivity contribution in [3.63, 3.8) is 0 Å². The molecule has 0 amide bonds. The van der Waals surface area contributed by atoms with Crippen LogP contribution in [0.25, 0.3) is 0 Å². The zero-order valence-electron chi connectivity index (χ0n) is 12.8. The Morgan fingerprint density at radius 1 is 1.48 bits per heavy atom. The number of carboxylic acid groups (broad SMARTS) is 1. The molecule has 2 unspecified atom stereocenters. The van der Waals surface area contributed by atoms with E-state index in [1.54, 1.807) is 7.11 Å². The number of aliphatic hydroxyl groups is 1. The Balaban J connectivity index is 2.15. The largest absolute Gasteiger partial charge is 0.480 e. The van der Waals surface area contributed by atoms with Crippen LogP contribution >= 0.6 is 0 Å². The predicted molar refractivity (Wildman–Crippen MR) is 78.4 cm³/mol. The number of nitrogens with one attached hydrogen (secondary N) is 1. The lowest BCUT2D eigenvalue weighted by Gasteiger charge is -2.34. The summed E-state index contributed by atoms with van der Waals surface area (Å²) in [6.07, 6.45) is 1.69. The van der Waals surface area contributed by atoms with Crippen molar-refractivity contribution in [3.05, 3.63) is 0 Å². The molecule has 1 fully saturated rings. The highest BCUT2D eigenvalue weighted by Gasteiger charge is 2.21. The van der Waals surface area contributed by atoms with E-state index in [1.165, 1.54) is 0 Å². The van der Waals surface area contributed by atoms with Gasteiger partial charge < -0.3 is 29.9 Å². The van der Waals surface area contributed by atoms with E-state index in [0.29, 0.717) is 38.8 Å². The summed E-state index contributed by atoms with van der Waals surface area (Å²) >= 11 is 0. The van der Waals surface area contributed by atoms with Crippen molar-refractivity contribution in [1.82, 2.24) is 10.2 Å². The minimum absolute atomic E-state index is 0.00641. The predicted octanol–water partition coefficient (Wildman–Crippen LogP) is -0.603. The molecule has 0 aliphatic carbocycles. The minimum Gasteiger partial charge on any atom is -0.480 e. The number of hydrogen-bond donors (Lipinski definition) is 3.